The molecule has 0 spiro atoms. The van der Waals surface area contributed by atoms with Crippen molar-refractivity contribution in [3.63, 3.8) is 0 Å². The van der Waals surface area contributed by atoms with Gasteiger partial charge in [0.1, 0.15) is 23.9 Å². The highest BCUT2D eigenvalue weighted by Crippen LogP contribution is 2.26. The van der Waals surface area contributed by atoms with Gasteiger partial charge in [0.25, 0.3) is 5.91 Å². The number of ether oxygens (including phenoxy) is 1. The molecule has 0 saturated heterocycles. The van der Waals surface area contributed by atoms with Crippen LogP contribution in [0.3, 0.4) is 0 Å². The Kier molecular flexibility index (Phi) is 7.50. The molecular formula is C26H18Cl2N2O5. The summed E-state index contributed by atoms with van der Waals surface area (Å²) in [6, 6.07) is 21.6. The molecular weight excluding hydrogens is 491 g/mol. The van der Waals surface area contributed by atoms with Gasteiger partial charge in [-0.2, -0.15) is 5.10 Å². The second-order valence-corrected chi connectivity index (χ2v) is 8.12. The average molecular weight is 509 g/mol. The van der Waals surface area contributed by atoms with Gasteiger partial charge in [0, 0.05) is 21.2 Å². The number of carboxylic acids is 1. The molecule has 0 bridgehead atoms. The van der Waals surface area contributed by atoms with Gasteiger partial charge < -0.3 is 14.3 Å². The summed E-state index contributed by atoms with van der Waals surface area (Å²) in [5, 5.41) is 14.3. The standard InChI is InChI=1S/C26H18Cl2N2O5/c27-17-10-9-16(22(28)13-17)15-34-23-8-4-3-7-21(23)25(31)30-29-14-18-11-12-24(35-18)19-5-1-2-6-20(19)26(32)33/h1-14H,15H2,(H,30,31)(H,32,33)/b29-14+. The smallest absolute Gasteiger partial charge is 0.336 e. The molecule has 1 heterocycles. The van der Waals surface area contributed by atoms with E-state index in [1.807, 2.05) is 0 Å². The summed E-state index contributed by atoms with van der Waals surface area (Å²) >= 11 is 12.1. The van der Waals surface area contributed by atoms with E-state index in [-0.39, 0.29) is 17.7 Å². The molecule has 0 aliphatic carbocycles. The van der Waals surface area contributed by atoms with E-state index in [1.165, 1.54) is 12.3 Å². The van der Waals surface area contributed by atoms with E-state index >= 15 is 0 Å². The number of para-hydroxylation sites is 1. The zero-order valence-corrected chi connectivity index (χ0v) is 19.6. The normalized spacial score (nSPS) is 10.9. The second kappa shape index (κ2) is 10.9. The predicted molar refractivity (Wildman–Crippen MR) is 133 cm³/mol. The van der Waals surface area contributed by atoms with Crippen molar-refractivity contribution in [1.29, 1.82) is 0 Å². The highest BCUT2D eigenvalue weighted by atomic mass is 35.5. The first-order valence-corrected chi connectivity index (χ1v) is 11.1. The fraction of sp³-hybridized carbons (Fsp3) is 0.0385. The SMILES string of the molecule is O=C(N/N=C/c1ccc(-c2ccccc2C(=O)O)o1)c1ccccc1OCc1ccc(Cl)cc1Cl. The topological polar surface area (TPSA) is 101 Å². The molecule has 0 aliphatic rings. The van der Waals surface area contributed by atoms with Crippen LogP contribution in [0.25, 0.3) is 11.3 Å². The molecule has 7 nitrogen and oxygen atoms in total. The summed E-state index contributed by atoms with van der Waals surface area (Å²) in [6.07, 6.45) is 1.32. The summed E-state index contributed by atoms with van der Waals surface area (Å²) in [4.78, 5) is 24.1. The largest absolute Gasteiger partial charge is 0.488 e. The third kappa shape index (κ3) is 5.90. The maximum Gasteiger partial charge on any atom is 0.336 e. The van der Waals surface area contributed by atoms with Gasteiger partial charge in [-0.1, -0.05) is 59.6 Å². The maximum absolute atomic E-state index is 12.7. The number of aromatic carboxylic acids is 1. The summed E-state index contributed by atoms with van der Waals surface area (Å²) < 4.78 is 11.5. The number of carbonyl (C=O) groups is 2. The molecule has 0 unspecified atom stereocenters. The minimum atomic E-state index is -1.06. The Morgan fingerprint density at radius 2 is 1.71 bits per heavy atom. The fourth-order valence-corrected chi connectivity index (χ4v) is 3.70. The van der Waals surface area contributed by atoms with E-state index in [4.69, 9.17) is 32.4 Å². The van der Waals surface area contributed by atoms with Gasteiger partial charge >= 0.3 is 5.97 Å². The monoisotopic (exact) mass is 508 g/mol. The first-order valence-electron chi connectivity index (χ1n) is 10.3. The minimum absolute atomic E-state index is 0.120. The Hall–Kier alpha value is -4.07. The third-order valence-electron chi connectivity index (χ3n) is 4.94. The van der Waals surface area contributed by atoms with Gasteiger partial charge in [-0.05, 0) is 42.5 Å². The lowest BCUT2D eigenvalue weighted by atomic mass is 10.1. The lowest BCUT2D eigenvalue weighted by molar-refractivity contribution is 0.0697. The van der Waals surface area contributed by atoms with Crippen LogP contribution in [0, 0.1) is 0 Å². The number of rotatable bonds is 8. The third-order valence-corrected chi connectivity index (χ3v) is 5.52. The van der Waals surface area contributed by atoms with Gasteiger partial charge in [0.2, 0.25) is 0 Å². The Labute approximate surface area is 210 Å². The van der Waals surface area contributed by atoms with Crippen molar-refractivity contribution in [1.82, 2.24) is 5.43 Å². The minimum Gasteiger partial charge on any atom is -0.488 e. The van der Waals surface area contributed by atoms with Crippen LogP contribution in [0.1, 0.15) is 32.0 Å². The zero-order valence-electron chi connectivity index (χ0n) is 18.1. The Balaban J connectivity index is 1.42. The number of nitrogens with zero attached hydrogens (tertiary/aromatic N) is 1. The van der Waals surface area contributed by atoms with E-state index in [1.54, 1.807) is 72.8 Å². The number of halogens is 2. The molecule has 35 heavy (non-hydrogen) atoms. The summed E-state index contributed by atoms with van der Waals surface area (Å²) in [5.41, 5.74) is 4.00. The lowest BCUT2D eigenvalue weighted by Gasteiger charge is -2.11. The molecule has 0 aliphatic heterocycles. The molecule has 1 aromatic heterocycles. The Morgan fingerprint density at radius 1 is 0.971 bits per heavy atom. The fourth-order valence-electron chi connectivity index (χ4n) is 3.24. The van der Waals surface area contributed by atoms with Crippen LogP contribution in [0.2, 0.25) is 10.0 Å². The van der Waals surface area contributed by atoms with Crippen LogP contribution in [-0.2, 0) is 6.61 Å². The van der Waals surface area contributed by atoms with Gasteiger partial charge in [0.05, 0.1) is 17.3 Å². The molecule has 0 fully saturated rings. The first-order chi connectivity index (χ1) is 16.9. The van der Waals surface area contributed by atoms with Crippen LogP contribution >= 0.6 is 23.2 Å². The number of carbonyl (C=O) groups excluding carboxylic acids is 1. The number of benzene rings is 3. The molecule has 0 saturated carbocycles. The molecule has 0 atom stereocenters. The van der Waals surface area contributed by atoms with Crippen LogP contribution in [-0.4, -0.2) is 23.2 Å². The first kappa shape index (κ1) is 24.1. The van der Waals surface area contributed by atoms with Crippen molar-refractivity contribution in [2.24, 2.45) is 5.10 Å². The van der Waals surface area contributed by atoms with Crippen LogP contribution in [0.15, 0.2) is 88.4 Å². The van der Waals surface area contributed by atoms with E-state index in [9.17, 15) is 14.7 Å². The summed E-state index contributed by atoms with van der Waals surface area (Å²) in [6.45, 7) is 0.149. The highest BCUT2D eigenvalue weighted by Gasteiger charge is 2.15. The van der Waals surface area contributed by atoms with Crippen molar-refractivity contribution in [2.45, 2.75) is 6.61 Å². The molecule has 9 heteroatoms. The number of furan rings is 1. The Morgan fingerprint density at radius 3 is 2.49 bits per heavy atom. The van der Waals surface area contributed by atoms with E-state index in [0.717, 1.165) is 5.56 Å². The van der Waals surface area contributed by atoms with Gasteiger partial charge in [-0.25, -0.2) is 10.2 Å². The molecule has 1 amide bonds. The van der Waals surface area contributed by atoms with Crippen LogP contribution in [0.4, 0.5) is 0 Å². The van der Waals surface area contributed by atoms with E-state index in [0.29, 0.717) is 32.9 Å². The number of amides is 1. The number of hydrazone groups is 1. The predicted octanol–water partition coefficient (Wildman–Crippen LogP) is 6.29. The van der Waals surface area contributed by atoms with Gasteiger partial charge in [0.15, 0.2) is 0 Å². The lowest BCUT2D eigenvalue weighted by Crippen LogP contribution is -2.18. The van der Waals surface area contributed by atoms with Gasteiger partial charge in [-0.15, -0.1) is 0 Å². The summed E-state index contributed by atoms with van der Waals surface area (Å²) in [7, 11) is 0. The maximum atomic E-state index is 12.7. The Bertz CT molecular complexity index is 1410. The highest BCUT2D eigenvalue weighted by molar-refractivity contribution is 6.35. The van der Waals surface area contributed by atoms with Crippen molar-refractivity contribution < 1.29 is 23.8 Å². The van der Waals surface area contributed by atoms with Crippen molar-refractivity contribution >= 4 is 41.3 Å². The van der Waals surface area contributed by atoms with E-state index in [2.05, 4.69) is 10.5 Å². The average Bonchev–Trinajstić information content (AvgIpc) is 3.32. The number of carboxylic acid groups (broad SMARTS) is 1. The molecule has 4 rings (SSSR count). The molecule has 2 N–H and O–H groups in total. The molecule has 3 aromatic carbocycles. The number of hydrogen-bond donors (Lipinski definition) is 2. The zero-order chi connectivity index (χ0) is 24.8. The van der Waals surface area contributed by atoms with Crippen LogP contribution in [0.5, 0.6) is 5.75 Å². The number of nitrogens with one attached hydrogen (secondary N) is 1. The molecule has 4 aromatic rings. The van der Waals surface area contributed by atoms with Crippen molar-refractivity contribution in [2.75, 3.05) is 0 Å². The quantitative estimate of drug-likeness (QED) is 0.215. The number of hydrogen-bond acceptors (Lipinski definition) is 5. The van der Waals surface area contributed by atoms with Crippen molar-refractivity contribution in [3.05, 3.63) is 111 Å². The van der Waals surface area contributed by atoms with Crippen molar-refractivity contribution in [3.8, 4) is 17.1 Å². The van der Waals surface area contributed by atoms with Crippen LogP contribution < -0.4 is 10.2 Å². The van der Waals surface area contributed by atoms with E-state index < -0.39 is 11.9 Å². The molecule has 0 radical (unpaired) electrons. The summed E-state index contributed by atoms with van der Waals surface area (Å²) in [5.74, 6) is -0.477. The second-order valence-electron chi connectivity index (χ2n) is 7.27. The molecule has 176 valence electrons. The van der Waals surface area contributed by atoms with Gasteiger partial charge in [-0.3, -0.25) is 4.79 Å².